The second-order valence-corrected chi connectivity index (χ2v) is 8.60. The molecular weight excluding hydrogens is 512 g/mol. The molecule has 1 heterocycles. The second-order valence-electron chi connectivity index (χ2n) is 5.66. The van der Waals surface area contributed by atoms with Crippen LogP contribution in [0.25, 0.3) is 6.08 Å². The normalized spacial score (nSPS) is 11.1. The van der Waals surface area contributed by atoms with Crippen LogP contribution in [0.15, 0.2) is 26.7 Å². The molecule has 0 aliphatic rings. The number of carbonyl (C=O) groups excluding carboxylic acids is 2. The predicted octanol–water partition coefficient (Wildman–Crippen LogP) is 5.32. The average Bonchev–Trinajstić information content (AvgIpc) is 2.91. The van der Waals surface area contributed by atoms with Gasteiger partial charge in [0.05, 0.1) is 21.1 Å². The molecule has 2 rings (SSSR count). The summed E-state index contributed by atoms with van der Waals surface area (Å²) in [6.45, 7) is 5.54. The van der Waals surface area contributed by atoms with Crippen LogP contribution in [0.4, 0.5) is 5.00 Å². The van der Waals surface area contributed by atoms with E-state index in [0.717, 1.165) is 10.4 Å². The van der Waals surface area contributed by atoms with Gasteiger partial charge in [0.25, 0.3) is 5.91 Å². The van der Waals surface area contributed by atoms with Gasteiger partial charge in [-0.3, -0.25) is 4.79 Å². The Morgan fingerprint density at radius 2 is 1.93 bits per heavy atom. The Hall–Kier alpha value is -2.15. The number of rotatable bonds is 5. The maximum absolute atomic E-state index is 12.6. The number of nitriles is 1. The molecule has 0 saturated heterocycles. The molecule has 0 aliphatic carbocycles. The smallest absolute Gasteiger partial charge is 0.341 e. The maximum Gasteiger partial charge on any atom is 0.341 e. The number of aromatic hydroxyl groups is 1. The summed E-state index contributed by atoms with van der Waals surface area (Å²) in [5.74, 6) is -1.15. The molecule has 0 bridgehead atoms. The summed E-state index contributed by atoms with van der Waals surface area (Å²) in [6.07, 6.45) is 1.39. The summed E-state index contributed by atoms with van der Waals surface area (Å²) in [7, 11) is 0. The van der Waals surface area contributed by atoms with Crippen LogP contribution in [0, 0.1) is 25.2 Å². The van der Waals surface area contributed by atoms with Crippen molar-refractivity contribution < 1.29 is 19.4 Å². The first-order valence-electron chi connectivity index (χ1n) is 8.07. The number of aryl methyl sites for hydroxylation is 1. The van der Waals surface area contributed by atoms with E-state index in [9.17, 15) is 20.0 Å². The third-order valence-electron chi connectivity index (χ3n) is 3.81. The SMILES string of the molecule is CCOC(=O)c1c(NC(=O)C(C#N)=Cc2cc(Br)c(O)c(Br)c2)sc(C)c1C. The topological polar surface area (TPSA) is 99.4 Å². The zero-order valence-electron chi connectivity index (χ0n) is 15.2. The van der Waals surface area contributed by atoms with Gasteiger partial charge in [0.15, 0.2) is 0 Å². The number of phenols is 1. The van der Waals surface area contributed by atoms with E-state index in [2.05, 4.69) is 37.2 Å². The van der Waals surface area contributed by atoms with Crippen LogP contribution in [0.2, 0.25) is 0 Å². The van der Waals surface area contributed by atoms with Crippen molar-refractivity contribution >= 4 is 66.2 Å². The van der Waals surface area contributed by atoms with Gasteiger partial charge in [0, 0.05) is 4.88 Å². The van der Waals surface area contributed by atoms with Crippen LogP contribution in [-0.4, -0.2) is 23.6 Å². The highest BCUT2D eigenvalue weighted by molar-refractivity contribution is 9.11. The molecule has 0 radical (unpaired) electrons. The van der Waals surface area contributed by atoms with Crippen LogP contribution in [0.1, 0.15) is 33.3 Å². The van der Waals surface area contributed by atoms with Crippen molar-refractivity contribution in [3.63, 3.8) is 0 Å². The number of hydrogen-bond acceptors (Lipinski definition) is 6. The molecule has 146 valence electrons. The third-order valence-corrected chi connectivity index (χ3v) is 6.14. The fourth-order valence-corrected chi connectivity index (χ4v) is 4.58. The fourth-order valence-electron chi connectivity index (χ4n) is 2.32. The van der Waals surface area contributed by atoms with E-state index in [1.165, 1.54) is 17.4 Å². The van der Waals surface area contributed by atoms with Crippen molar-refractivity contribution in [2.24, 2.45) is 0 Å². The standard InChI is InChI=1S/C19H16Br2N2O4S/c1-4-27-19(26)15-9(2)10(3)28-18(15)23-17(25)12(8-22)5-11-6-13(20)16(24)14(21)7-11/h5-7,24H,4H2,1-3H3,(H,23,25). The van der Waals surface area contributed by atoms with Crippen LogP contribution in [0.5, 0.6) is 5.75 Å². The lowest BCUT2D eigenvalue weighted by Crippen LogP contribution is -2.16. The lowest BCUT2D eigenvalue weighted by molar-refractivity contribution is -0.112. The Bertz CT molecular complexity index is 999. The van der Waals surface area contributed by atoms with Gasteiger partial charge in [-0.1, -0.05) is 0 Å². The number of phenolic OH excluding ortho intramolecular Hbond substituents is 1. The molecule has 1 amide bonds. The van der Waals surface area contributed by atoms with Crippen LogP contribution in [-0.2, 0) is 9.53 Å². The van der Waals surface area contributed by atoms with Gasteiger partial charge in [0.2, 0.25) is 0 Å². The summed E-state index contributed by atoms with van der Waals surface area (Å²) in [6, 6.07) is 5.02. The molecule has 0 aliphatic heterocycles. The van der Waals surface area contributed by atoms with Gasteiger partial charge in [-0.25, -0.2) is 4.79 Å². The second kappa shape index (κ2) is 9.37. The van der Waals surface area contributed by atoms with Gasteiger partial charge >= 0.3 is 5.97 Å². The Morgan fingerprint density at radius 1 is 1.32 bits per heavy atom. The number of nitrogens with zero attached hydrogens (tertiary/aromatic N) is 1. The van der Waals surface area contributed by atoms with E-state index < -0.39 is 11.9 Å². The molecule has 9 heteroatoms. The number of thiophene rings is 1. The summed E-state index contributed by atoms with van der Waals surface area (Å²) in [5.41, 5.74) is 1.41. The van der Waals surface area contributed by atoms with E-state index >= 15 is 0 Å². The van der Waals surface area contributed by atoms with Gasteiger partial charge in [-0.2, -0.15) is 5.26 Å². The number of carbonyl (C=O) groups is 2. The van der Waals surface area contributed by atoms with Crippen LogP contribution >= 0.6 is 43.2 Å². The molecule has 6 nitrogen and oxygen atoms in total. The molecule has 2 N–H and O–H groups in total. The molecular formula is C19H16Br2N2O4S. The third kappa shape index (κ3) is 4.82. The number of nitrogens with one attached hydrogen (secondary N) is 1. The zero-order chi connectivity index (χ0) is 21.0. The Balaban J connectivity index is 2.37. The van der Waals surface area contributed by atoms with E-state index in [0.29, 0.717) is 25.1 Å². The highest BCUT2D eigenvalue weighted by Crippen LogP contribution is 2.35. The lowest BCUT2D eigenvalue weighted by Gasteiger charge is -2.07. The average molecular weight is 528 g/mol. The molecule has 1 aromatic heterocycles. The minimum atomic E-state index is -0.644. The number of ether oxygens (including phenoxy) is 1. The Morgan fingerprint density at radius 3 is 2.46 bits per heavy atom. The van der Waals surface area contributed by atoms with Gasteiger partial charge < -0.3 is 15.2 Å². The molecule has 0 saturated carbocycles. The van der Waals surface area contributed by atoms with E-state index in [4.69, 9.17) is 4.74 Å². The van der Waals surface area contributed by atoms with Crippen molar-refractivity contribution in [3.05, 3.63) is 48.2 Å². The number of hydrogen-bond donors (Lipinski definition) is 2. The Labute approximate surface area is 183 Å². The first-order chi connectivity index (χ1) is 13.2. The first-order valence-corrected chi connectivity index (χ1v) is 10.5. The number of halogens is 2. The summed E-state index contributed by atoms with van der Waals surface area (Å²) in [4.78, 5) is 25.7. The maximum atomic E-state index is 12.6. The van der Waals surface area contributed by atoms with Crippen LogP contribution in [0.3, 0.4) is 0 Å². The quantitative estimate of drug-likeness (QED) is 0.311. The van der Waals surface area contributed by atoms with Crippen molar-refractivity contribution in [1.82, 2.24) is 0 Å². The molecule has 28 heavy (non-hydrogen) atoms. The zero-order valence-corrected chi connectivity index (χ0v) is 19.2. The molecule has 1 aromatic carbocycles. The van der Waals surface area contributed by atoms with Crippen molar-refractivity contribution in [1.29, 1.82) is 5.26 Å². The molecule has 0 fully saturated rings. The number of esters is 1. The summed E-state index contributed by atoms with van der Waals surface area (Å²) in [5, 5.41) is 22.2. The summed E-state index contributed by atoms with van der Waals surface area (Å²) < 4.78 is 5.90. The first kappa shape index (κ1) is 22.1. The van der Waals surface area contributed by atoms with Crippen molar-refractivity contribution in [3.8, 4) is 11.8 Å². The van der Waals surface area contributed by atoms with E-state index in [-0.39, 0.29) is 17.9 Å². The number of anilines is 1. The lowest BCUT2D eigenvalue weighted by atomic mass is 10.1. The van der Waals surface area contributed by atoms with Gasteiger partial charge in [-0.15, -0.1) is 11.3 Å². The van der Waals surface area contributed by atoms with E-state index in [1.54, 1.807) is 26.0 Å². The van der Waals surface area contributed by atoms with Gasteiger partial charge in [-0.05, 0) is 82.0 Å². The monoisotopic (exact) mass is 526 g/mol. The summed E-state index contributed by atoms with van der Waals surface area (Å²) >= 11 is 7.66. The highest BCUT2D eigenvalue weighted by Gasteiger charge is 2.23. The molecule has 0 unspecified atom stereocenters. The van der Waals surface area contributed by atoms with Gasteiger partial charge in [0.1, 0.15) is 22.4 Å². The largest absolute Gasteiger partial charge is 0.506 e. The highest BCUT2D eigenvalue weighted by atomic mass is 79.9. The predicted molar refractivity (Wildman–Crippen MR) is 115 cm³/mol. The minimum Gasteiger partial charge on any atom is -0.506 e. The van der Waals surface area contributed by atoms with Crippen LogP contribution < -0.4 is 5.32 Å². The van der Waals surface area contributed by atoms with E-state index in [1.807, 2.05) is 13.0 Å². The van der Waals surface area contributed by atoms with Crippen molar-refractivity contribution in [2.75, 3.05) is 11.9 Å². The number of benzene rings is 1. The minimum absolute atomic E-state index is 0.0173. The molecule has 0 atom stereocenters. The number of amides is 1. The fraction of sp³-hybridized carbons (Fsp3) is 0.211. The molecule has 2 aromatic rings. The molecule has 0 spiro atoms. The Kier molecular flexibility index (Phi) is 7.41. The van der Waals surface area contributed by atoms with Crippen molar-refractivity contribution in [2.45, 2.75) is 20.8 Å².